The number of amides is 2. The molecule has 2 aliphatic heterocycles. The molecule has 0 spiro atoms. The van der Waals surface area contributed by atoms with Gasteiger partial charge in [-0.15, -0.1) is 0 Å². The van der Waals surface area contributed by atoms with E-state index in [0.717, 1.165) is 38.8 Å². The Balaban J connectivity index is 1.73. The third kappa shape index (κ3) is 5.13. The molecule has 2 N–H and O–H groups in total. The predicted molar refractivity (Wildman–Crippen MR) is 79.2 cm³/mol. The fourth-order valence-electron chi connectivity index (χ4n) is 2.98. The number of hydrogen-bond acceptors (Lipinski definition) is 4. The second-order valence-corrected chi connectivity index (χ2v) is 6.02. The van der Waals surface area contributed by atoms with Crippen LogP contribution in [0.5, 0.6) is 0 Å². The van der Waals surface area contributed by atoms with Gasteiger partial charge in [-0.2, -0.15) is 0 Å². The third-order valence-corrected chi connectivity index (χ3v) is 4.19. The van der Waals surface area contributed by atoms with Crippen LogP contribution in [0.1, 0.15) is 39.0 Å². The van der Waals surface area contributed by atoms with Gasteiger partial charge in [0.2, 0.25) is 0 Å². The van der Waals surface area contributed by atoms with E-state index in [2.05, 4.69) is 5.32 Å². The van der Waals surface area contributed by atoms with Crippen LogP contribution in [0.2, 0.25) is 0 Å². The van der Waals surface area contributed by atoms with Gasteiger partial charge in [-0.1, -0.05) is 0 Å². The zero-order chi connectivity index (χ0) is 15.1. The van der Waals surface area contributed by atoms with Crippen LogP contribution in [0.4, 0.5) is 4.79 Å². The average Bonchev–Trinajstić information content (AvgIpc) is 2.99. The van der Waals surface area contributed by atoms with Crippen LogP contribution >= 0.6 is 0 Å². The molecule has 0 aromatic heterocycles. The van der Waals surface area contributed by atoms with E-state index in [1.807, 2.05) is 11.8 Å². The maximum atomic E-state index is 12.3. The number of carbonyl (C=O) groups is 1. The maximum absolute atomic E-state index is 12.3. The number of urea groups is 1. The van der Waals surface area contributed by atoms with Crippen molar-refractivity contribution in [2.75, 3.05) is 33.0 Å². The molecule has 2 aliphatic rings. The van der Waals surface area contributed by atoms with Gasteiger partial charge in [-0.25, -0.2) is 4.79 Å². The van der Waals surface area contributed by atoms with Gasteiger partial charge < -0.3 is 24.8 Å². The van der Waals surface area contributed by atoms with Gasteiger partial charge in [-0.05, 0) is 39.0 Å². The van der Waals surface area contributed by atoms with Crippen molar-refractivity contribution in [3.05, 3.63) is 0 Å². The molecule has 6 nitrogen and oxygen atoms in total. The normalized spacial score (nSPS) is 27.6. The van der Waals surface area contributed by atoms with Crippen molar-refractivity contribution in [2.24, 2.45) is 0 Å². The SMILES string of the molecule is C[C@H](CO[C@H]1CCOC1)NC(=O)N1CCCC[C@H]1CCO. The molecule has 0 bridgehead atoms. The fourth-order valence-corrected chi connectivity index (χ4v) is 2.98. The lowest BCUT2D eigenvalue weighted by Crippen LogP contribution is -2.51. The van der Waals surface area contributed by atoms with E-state index in [-0.39, 0.29) is 30.8 Å². The number of aliphatic hydroxyl groups is 1. The van der Waals surface area contributed by atoms with Gasteiger partial charge >= 0.3 is 6.03 Å². The first kappa shape index (κ1) is 16.5. The van der Waals surface area contributed by atoms with E-state index in [1.54, 1.807) is 0 Å². The van der Waals surface area contributed by atoms with E-state index >= 15 is 0 Å². The monoisotopic (exact) mass is 300 g/mol. The summed E-state index contributed by atoms with van der Waals surface area (Å²) in [6.07, 6.45) is 4.93. The van der Waals surface area contributed by atoms with Crippen molar-refractivity contribution in [2.45, 2.75) is 57.2 Å². The summed E-state index contributed by atoms with van der Waals surface area (Å²) in [7, 11) is 0. The van der Waals surface area contributed by atoms with Crippen molar-refractivity contribution < 1.29 is 19.4 Å². The number of nitrogens with one attached hydrogen (secondary N) is 1. The van der Waals surface area contributed by atoms with Gasteiger partial charge in [0.15, 0.2) is 0 Å². The summed E-state index contributed by atoms with van der Waals surface area (Å²) in [6, 6.07) is 0.113. The molecule has 3 atom stereocenters. The summed E-state index contributed by atoms with van der Waals surface area (Å²) in [5.74, 6) is 0. The Morgan fingerprint density at radius 2 is 2.33 bits per heavy atom. The first-order valence-electron chi connectivity index (χ1n) is 8.08. The number of nitrogens with zero attached hydrogens (tertiary/aromatic N) is 1. The van der Waals surface area contributed by atoms with Gasteiger partial charge in [-0.3, -0.25) is 0 Å². The van der Waals surface area contributed by atoms with Crippen LogP contribution in [-0.2, 0) is 9.47 Å². The molecule has 2 rings (SSSR count). The highest BCUT2D eigenvalue weighted by Crippen LogP contribution is 2.19. The Bertz CT molecular complexity index is 319. The smallest absolute Gasteiger partial charge is 0.317 e. The van der Waals surface area contributed by atoms with Crippen LogP contribution in [0.25, 0.3) is 0 Å². The van der Waals surface area contributed by atoms with Crippen LogP contribution < -0.4 is 5.32 Å². The standard InChI is InChI=1S/C15H28N2O4/c1-12(10-21-14-6-9-20-11-14)16-15(19)17-7-3-2-4-13(17)5-8-18/h12-14,18H,2-11H2,1H3,(H,16,19)/t12-,13+,14+/m1/s1. The Labute approximate surface area is 126 Å². The van der Waals surface area contributed by atoms with Gasteiger partial charge in [0, 0.05) is 25.8 Å². The largest absolute Gasteiger partial charge is 0.396 e. The summed E-state index contributed by atoms with van der Waals surface area (Å²) in [6.45, 7) is 4.81. The number of carbonyl (C=O) groups excluding carboxylic acids is 1. The minimum absolute atomic E-state index is 0.0187. The summed E-state index contributed by atoms with van der Waals surface area (Å²) in [5.41, 5.74) is 0. The molecule has 21 heavy (non-hydrogen) atoms. The Kier molecular flexibility index (Phi) is 6.73. The highest BCUT2D eigenvalue weighted by molar-refractivity contribution is 5.75. The van der Waals surface area contributed by atoms with E-state index in [9.17, 15) is 4.79 Å². The topological polar surface area (TPSA) is 71.0 Å². The van der Waals surface area contributed by atoms with E-state index in [1.165, 1.54) is 0 Å². The van der Waals surface area contributed by atoms with E-state index in [0.29, 0.717) is 19.6 Å². The quantitative estimate of drug-likeness (QED) is 0.771. The molecule has 0 unspecified atom stereocenters. The zero-order valence-corrected chi connectivity index (χ0v) is 12.9. The predicted octanol–water partition coefficient (Wildman–Crippen LogP) is 1.13. The summed E-state index contributed by atoms with van der Waals surface area (Å²) >= 11 is 0. The number of piperidine rings is 1. The van der Waals surface area contributed by atoms with Gasteiger partial charge in [0.25, 0.3) is 0 Å². The Morgan fingerprint density at radius 3 is 3.05 bits per heavy atom. The number of likely N-dealkylation sites (tertiary alicyclic amines) is 1. The minimum Gasteiger partial charge on any atom is -0.396 e. The molecule has 2 amide bonds. The van der Waals surface area contributed by atoms with Crippen molar-refractivity contribution in [3.63, 3.8) is 0 Å². The van der Waals surface area contributed by atoms with Crippen molar-refractivity contribution in [1.82, 2.24) is 10.2 Å². The molecule has 0 saturated carbocycles. The minimum atomic E-state index is -0.0353. The lowest BCUT2D eigenvalue weighted by molar-refractivity contribution is 0.0322. The number of hydrogen-bond donors (Lipinski definition) is 2. The van der Waals surface area contributed by atoms with Crippen molar-refractivity contribution >= 4 is 6.03 Å². The second-order valence-electron chi connectivity index (χ2n) is 6.02. The van der Waals surface area contributed by atoms with E-state index < -0.39 is 0 Å². The molecule has 2 heterocycles. The van der Waals surface area contributed by atoms with Crippen LogP contribution in [0.3, 0.4) is 0 Å². The Hall–Kier alpha value is -0.850. The molecule has 2 saturated heterocycles. The lowest BCUT2D eigenvalue weighted by atomic mass is 10.00. The zero-order valence-electron chi connectivity index (χ0n) is 12.9. The molecule has 0 aromatic carbocycles. The molecular formula is C15H28N2O4. The molecule has 2 fully saturated rings. The summed E-state index contributed by atoms with van der Waals surface area (Å²) < 4.78 is 11.0. The first-order valence-corrected chi connectivity index (χ1v) is 8.08. The average molecular weight is 300 g/mol. The van der Waals surface area contributed by atoms with Crippen molar-refractivity contribution in [3.8, 4) is 0 Å². The molecule has 0 radical (unpaired) electrons. The van der Waals surface area contributed by atoms with E-state index in [4.69, 9.17) is 14.6 Å². The highest BCUT2D eigenvalue weighted by Gasteiger charge is 2.27. The fraction of sp³-hybridized carbons (Fsp3) is 0.933. The molecule has 6 heteroatoms. The molecule has 122 valence electrons. The van der Waals surface area contributed by atoms with Gasteiger partial charge in [0.05, 0.1) is 25.4 Å². The van der Waals surface area contributed by atoms with Gasteiger partial charge in [0.1, 0.15) is 0 Å². The summed E-state index contributed by atoms with van der Waals surface area (Å²) in [5, 5.41) is 12.1. The molecule has 0 aromatic rings. The first-order chi connectivity index (χ1) is 10.2. The molecular weight excluding hydrogens is 272 g/mol. The number of ether oxygens (including phenoxy) is 2. The maximum Gasteiger partial charge on any atom is 0.317 e. The van der Waals surface area contributed by atoms with Crippen LogP contribution in [-0.4, -0.2) is 67.2 Å². The van der Waals surface area contributed by atoms with Crippen molar-refractivity contribution in [1.29, 1.82) is 0 Å². The Morgan fingerprint density at radius 1 is 1.48 bits per heavy atom. The van der Waals surface area contributed by atoms with Crippen LogP contribution in [0.15, 0.2) is 0 Å². The molecule has 0 aliphatic carbocycles. The number of rotatable bonds is 6. The van der Waals surface area contributed by atoms with Crippen LogP contribution in [0, 0.1) is 0 Å². The highest BCUT2D eigenvalue weighted by atomic mass is 16.5. The second kappa shape index (κ2) is 8.56. The third-order valence-electron chi connectivity index (χ3n) is 4.19. The lowest BCUT2D eigenvalue weighted by Gasteiger charge is -2.36. The number of aliphatic hydroxyl groups excluding tert-OH is 1. The summed E-state index contributed by atoms with van der Waals surface area (Å²) in [4.78, 5) is 14.2.